The van der Waals surface area contributed by atoms with E-state index in [0.29, 0.717) is 22.2 Å². The average Bonchev–Trinajstić information content (AvgIpc) is 2.41. The van der Waals surface area contributed by atoms with Gasteiger partial charge in [0.1, 0.15) is 5.75 Å². The van der Waals surface area contributed by atoms with Gasteiger partial charge in [-0.3, -0.25) is 0 Å². The molecule has 0 aliphatic carbocycles. The highest BCUT2D eigenvalue weighted by Gasteiger charge is 2.11. The Kier molecular flexibility index (Phi) is 3.79. The summed E-state index contributed by atoms with van der Waals surface area (Å²) < 4.78 is 10.1. The van der Waals surface area contributed by atoms with Crippen LogP contribution in [0.25, 0.3) is 0 Å². The van der Waals surface area contributed by atoms with Gasteiger partial charge >= 0.3 is 5.97 Å². The Morgan fingerprint density at radius 1 is 1.22 bits per heavy atom. The van der Waals surface area contributed by atoms with Crippen molar-refractivity contribution in [1.29, 1.82) is 0 Å². The molecule has 0 fully saturated rings. The van der Waals surface area contributed by atoms with Gasteiger partial charge in [0.15, 0.2) is 0 Å². The Bertz CT molecular complexity index is 554. The summed E-state index contributed by atoms with van der Waals surface area (Å²) in [7, 11) is 1.50. The van der Waals surface area contributed by atoms with Gasteiger partial charge in [-0.25, -0.2) is 9.78 Å². The van der Waals surface area contributed by atoms with Gasteiger partial charge in [0.25, 0.3) is 0 Å². The first kappa shape index (κ1) is 12.4. The summed E-state index contributed by atoms with van der Waals surface area (Å²) in [6.45, 7) is 0. The van der Waals surface area contributed by atoms with Gasteiger partial charge in [0, 0.05) is 12.3 Å². The van der Waals surface area contributed by atoms with Crippen molar-refractivity contribution in [2.45, 2.75) is 0 Å². The van der Waals surface area contributed by atoms with E-state index in [-0.39, 0.29) is 0 Å². The molecule has 18 heavy (non-hydrogen) atoms. The van der Waals surface area contributed by atoms with E-state index in [1.807, 2.05) is 0 Å². The minimum absolute atomic E-state index is 0.319. The lowest BCUT2D eigenvalue weighted by Crippen LogP contribution is -2.09. The van der Waals surface area contributed by atoms with Gasteiger partial charge < -0.3 is 9.47 Å². The molecular weight excluding hydrogens is 254 g/mol. The zero-order valence-electron chi connectivity index (χ0n) is 9.59. The van der Waals surface area contributed by atoms with Crippen LogP contribution >= 0.6 is 11.6 Å². The van der Waals surface area contributed by atoms with E-state index in [2.05, 4.69) is 4.98 Å². The fourth-order valence-corrected chi connectivity index (χ4v) is 1.48. The third-order valence-corrected chi connectivity index (χ3v) is 2.53. The van der Waals surface area contributed by atoms with Gasteiger partial charge in [-0.2, -0.15) is 0 Å². The van der Waals surface area contributed by atoms with Gasteiger partial charge in [-0.05, 0) is 18.2 Å². The summed E-state index contributed by atoms with van der Waals surface area (Å²) in [6, 6.07) is 9.93. The number of hydrogen-bond acceptors (Lipinski definition) is 4. The lowest BCUT2D eigenvalue weighted by atomic mass is 10.3. The number of rotatable bonds is 3. The van der Waals surface area contributed by atoms with Crippen molar-refractivity contribution in [3.8, 4) is 11.6 Å². The number of nitrogens with zero attached hydrogens (tertiary/aromatic N) is 1. The molecular formula is C13H10ClNO3. The SMILES string of the molecule is COc1ccc(C(=O)Oc2ccccc2Cl)cn1. The molecule has 5 heteroatoms. The number of benzene rings is 1. The van der Waals surface area contributed by atoms with Crippen molar-refractivity contribution >= 4 is 17.6 Å². The standard InChI is InChI=1S/C13H10ClNO3/c1-17-12-7-6-9(8-15-12)13(16)18-11-5-3-2-4-10(11)14/h2-8H,1H3. The van der Waals surface area contributed by atoms with Crippen molar-refractivity contribution in [3.05, 3.63) is 53.2 Å². The molecule has 0 aliphatic heterocycles. The number of methoxy groups -OCH3 is 1. The van der Waals surface area contributed by atoms with Crippen LogP contribution in [0.4, 0.5) is 0 Å². The number of carbonyl (C=O) groups is 1. The molecule has 0 bridgehead atoms. The number of carbonyl (C=O) groups excluding carboxylic acids is 1. The maximum absolute atomic E-state index is 11.8. The van der Waals surface area contributed by atoms with Crippen molar-refractivity contribution in [3.63, 3.8) is 0 Å². The number of aromatic nitrogens is 1. The number of pyridine rings is 1. The lowest BCUT2D eigenvalue weighted by molar-refractivity contribution is 0.0734. The molecule has 0 spiro atoms. The second kappa shape index (κ2) is 5.51. The molecule has 1 heterocycles. The van der Waals surface area contributed by atoms with Crippen LogP contribution in [0.3, 0.4) is 0 Å². The number of halogens is 1. The van der Waals surface area contributed by atoms with Crippen LogP contribution in [-0.4, -0.2) is 18.1 Å². The summed E-state index contributed by atoms with van der Waals surface area (Å²) in [5, 5.41) is 0.382. The van der Waals surface area contributed by atoms with E-state index in [1.54, 1.807) is 36.4 Å². The van der Waals surface area contributed by atoms with Crippen molar-refractivity contribution in [1.82, 2.24) is 4.98 Å². The zero-order chi connectivity index (χ0) is 13.0. The minimum Gasteiger partial charge on any atom is -0.481 e. The molecule has 0 radical (unpaired) electrons. The molecule has 0 amide bonds. The molecule has 1 aromatic carbocycles. The molecule has 0 N–H and O–H groups in total. The van der Waals surface area contributed by atoms with E-state index in [1.165, 1.54) is 13.3 Å². The monoisotopic (exact) mass is 263 g/mol. The Hall–Kier alpha value is -2.07. The van der Waals surface area contributed by atoms with Crippen LogP contribution in [0.5, 0.6) is 11.6 Å². The molecule has 0 saturated carbocycles. The van der Waals surface area contributed by atoms with Crippen LogP contribution in [0.15, 0.2) is 42.6 Å². The number of ether oxygens (including phenoxy) is 2. The van der Waals surface area contributed by atoms with Crippen molar-refractivity contribution in [2.24, 2.45) is 0 Å². The smallest absolute Gasteiger partial charge is 0.345 e. The molecule has 1 aromatic heterocycles. The topological polar surface area (TPSA) is 48.4 Å². The number of para-hydroxylation sites is 1. The highest BCUT2D eigenvalue weighted by molar-refractivity contribution is 6.32. The second-order valence-corrected chi connectivity index (χ2v) is 3.82. The predicted molar refractivity (Wildman–Crippen MR) is 67.2 cm³/mol. The molecule has 0 atom stereocenters. The Morgan fingerprint density at radius 2 is 2.00 bits per heavy atom. The minimum atomic E-state index is -0.516. The molecule has 4 nitrogen and oxygen atoms in total. The number of hydrogen-bond donors (Lipinski definition) is 0. The van der Waals surface area contributed by atoms with Crippen LogP contribution < -0.4 is 9.47 Å². The first-order chi connectivity index (χ1) is 8.70. The summed E-state index contributed by atoms with van der Waals surface area (Å²) in [5.74, 6) is 0.238. The average molecular weight is 264 g/mol. The predicted octanol–water partition coefficient (Wildman–Crippen LogP) is 2.96. The van der Waals surface area contributed by atoms with Gasteiger partial charge in [-0.1, -0.05) is 23.7 Å². The first-order valence-corrected chi connectivity index (χ1v) is 5.55. The second-order valence-electron chi connectivity index (χ2n) is 3.41. The molecule has 0 aliphatic rings. The van der Waals surface area contributed by atoms with E-state index in [4.69, 9.17) is 21.1 Å². The largest absolute Gasteiger partial charge is 0.481 e. The van der Waals surface area contributed by atoms with Crippen LogP contribution in [-0.2, 0) is 0 Å². The fourth-order valence-electron chi connectivity index (χ4n) is 1.31. The van der Waals surface area contributed by atoms with Gasteiger partial charge in [-0.15, -0.1) is 0 Å². The van der Waals surface area contributed by atoms with Crippen LogP contribution in [0, 0.1) is 0 Å². The Labute approximate surface area is 109 Å². The Balaban J connectivity index is 2.14. The molecule has 0 saturated heterocycles. The van der Waals surface area contributed by atoms with Crippen LogP contribution in [0.1, 0.15) is 10.4 Å². The summed E-state index contributed by atoms with van der Waals surface area (Å²) in [5.41, 5.74) is 0.329. The summed E-state index contributed by atoms with van der Waals surface area (Å²) in [4.78, 5) is 15.7. The fraction of sp³-hybridized carbons (Fsp3) is 0.0769. The highest BCUT2D eigenvalue weighted by atomic mass is 35.5. The quantitative estimate of drug-likeness (QED) is 0.631. The molecule has 2 rings (SSSR count). The summed E-state index contributed by atoms with van der Waals surface area (Å²) >= 11 is 5.89. The molecule has 0 unspecified atom stereocenters. The molecule has 2 aromatic rings. The maximum Gasteiger partial charge on any atom is 0.345 e. The lowest BCUT2D eigenvalue weighted by Gasteiger charge is -2.05. The van der Waals surface area contributed by atoms with Crippen molar-refractivity contribution < 1.29 is 14.3 Å². The van der Waals surface area contributed by atoms with E-state index < -0.39 is 5.97 Å². The first-order valence-electron chi connectivity index (χ1n) is 5.17. The van der Waals surface area contributed by atoms with E-state index in [9.17, 15) is 4.79 Å². The van der Waals surface area contributed by atoms with E-state index >= 15 is 0 Å². The number of esters is 1. The van der Waals surface area contributed by atoms with E-state index in [0.717, 1.165) is 0 Å². The van der Waals surface area contributed by atoms with Gasteiger partial charge in [0.2, 0.25) is 5.88 Å². The maximum atomic E-state index is 11.8. The normalized spacial score (nSPS) is 9.89. The molecule has 92 valence electrons. The third-order valence-electron chi connectivity index (χ3n) is 2.22. The van der Waals surface area contributed by atoms with Gasteiger partial charge in [0.05, 0.1) is 17.7 Å². The van der Waals surface area contributed by atoms with Crippen molar-refractivity contribution in [2.75, 3.05) is 7.11 Å². The highest BCUT2D eigenvalue weighted by Crippen LogP contribution is 2.24. The zero-order valence-corrected chi connectivity index (χ0v) is 10.3. The van der Waals surface area contributed by atoms with Crippen LogP contribution in [0.2, 0.25) is 5.02 Å². The summed E-state index contributed by atoms with van der Waals surface area (Å²) in [6.07, 6.45) is 1.39. The Morgan fingerprint density at radius 3 is 2.61 bits per heavy atom. The third kappa shape index (κ3) is 2.78.